The number of benzene rings is 4. The van der Waals surface area contributed by atoms with Gasteiger partial charge in [0.2, 0.25) is 23.6 Å². The first-order valence-corrected chi connectivity index (χ1v) is 52.4. The largest absolute Gasteiger partial charge is 0.381 e. The zero-order valence-electron chi connectivity index (χ0n) is 78.0. The van der Waals surface area contributed by atoms with E-state index in [1.807, 2.05) is 120 Å². The van der Waals surface area contributed by atoms with Crippen LogP contribution < -0.4 is 21.9 Å². The minimum absolute atomic E-state index is 0.0843. The van der Waals surface area contributed by atoms with E-state index in [4.69, 9.17) is 28.8 Å². The lowest BCUT2D eigenvalue weighted by Crippen LogP contribution is -2.57. The summed E-state index contributed by atoms with van der Waals surface area (Å²) in [6.07, 6.45) is 19.1. The van der Waals surface area contributed by atoms with Gasteiger partial charge in [0.1, 0.15) is 0 Å². The monoisotopic (exact) mass is 1890 g/mol. The van der Waals surface area contributed by atoms with E-state index in [2.05, 4.69) is 21.9 Å². The fourth-order valence-corrected chi connectivity index (χ4v) is 27.0. The minimum Gasteiger partial charge on any atom is -0.381 e. The van der Waals surface area contributed by atoms with E-state index >= 15 is 0 Å². The summed E-state index contributed by atoms with van der Waals surface area (Å²) in [6, 6.07) is 27.6. The maximum atomic E-state index is 13.6. The third kappa shape index (κ3) is 26.0. The van der Waals surface area contributed by atoms with Crippen LogP contribution in [0.25, 0.3) is 0 Å². The number of ether oxygens (including phenoxy) is 2. The van der Waals surface area contributed by atoms with Gasteiger partial charge in [-0.15, -0.1) is 0 Å². The molecule has 724 valence electrons. The van der Waals surface area contributed by atoms with Crippen LogP contribution in [-0.2, 0) is 132 Å². The summed E-state index contributed by atoms with van der Waals surface area (Å²) in [5.74, 6) is 0.449. The molecule has 4 aromatic rings. The first kappa shape index (κ1) is 106. The van der Waals surface area contributed by atoms with Crippen molar-refractivity contribution in [1.82, 2.24) is 51.3 Å². The molecule has 2 unspecified atom stereocenters. The molecular formula is C94H142N10O22S4. The number of carbonyl (C=O) groups is 8. The number of nitrogens with one attached hydrogen (secondary N) is 4. The van der Waals surface area contributed by atoms with Gasteiger partial charge in [-0.3, -0.25) is 57.7 Å². The van der Waals surface area contributed by atoms with Crippen LogP contribution >= 0.6 is 0 Å². The standard InChI is InChI=1S/2C24H37N3O5S.2C23H34N2O6S/c1-4-22(28)27-15-11-20(12-16-27)6-5-19-7-9-21(10-8-19)33(30,31)24(23(29)25-32-3)13-17-26(2)18-14-24;1-4-22(28)27-15-5-6-20(18-27)8-7-19-9-11-21(12-10-19)33(30,31)24(23(29)25-32-3)13-16-26(2)17-14-24;1-3-21(26)25-14-10-19(11-15-25)5-4-18-6-8-20(9-7-18)32(28,29)23(22(27)24-30-2)12-16-31-17-13-23;1-3-21(26)25-14-4-5-19(17-25)7-6-18-8-10-20(11-9-18)32(28,29)23(22(27)24-30-2)12-15-31-16-13-23/h7-10,20H,4-6,11-18H2,1-3H3,(H,25,29);9-12,20H,4-8,13-18H2,1-3H3,(H,25,29);6-9,19H,3-5,10-17H2,1-2H3,(H,24,27);8-11,19H,3-7,12-17H2,1-2H3,(H,24,27). The fourth-order valence-electron chi connectivity index (χ4n) is 19.2. The lowest BCUT2D eigenvalue weighted by molar-refractivity contribution is -0.137. The zero-order valence-corrected chi connectivity index (χ0v) is 81.2. The number of hydroxylamine groups is 4. The number of carbonyl (C=O) groups excluding carboxylic acids is 8. The lowest BCUT2D eigenvalue weighted by atomic mass is 9.90. The van der Waals surface area contributed by atoms with E-state index in [9.17, 15) is 72.0 Å². The van der Waals surface area contributed by atoms with Crippen molar-refractivity contribution in [2.24, 2.45) is 23.7 Å². The van der Waals surface area contributed by atoms with Crippen molar-refractivity contribution in [2.75, 3.05) is 147 Å². The Morgan fingerprint density at radius 3 is 0.769 bits per heavy atom. The maximum absolute atomic E-state index is 13.6. The van der Waals surface area contributed by atoms with Gasteiger partial charge in [-0.05, 0) is 289 Å². The molecule has 0 aliphatic carbocycles. The average molecular weight is 1890 g/mol. The highest BCUT2D eigenvalue weighted by Crippen LogP contribution is 2.42. The second kappa shape index (κ2) is 49.4. The van der Waals surface area contributed by atoms with Gasteiger partial charge in [-0.25, -0.2) is 55.6 Å². The molecule has 8 aliphatic rings. The molecule has 0 radical (unpaired) electrons. The van der Waals surface area contributed by atoms with Gasteiger partial charge in [0.25, 0.3) is 23.6 Å². The molecule has 0 bridgehead atoms. The number of sulfone groups is 4. The summed E-state index contributed by atoms with van der Waals surface area (Å²) in [6.45, 7) is 17.1. The number of amides is 8. The molecule has 0 aromatic heterocycles. The van der Waals surface area contributed by atoms with Crippen LogP contribution in [-0.4, -0.2) is 277 Å². The number of aryl methyl sites for hydroxylation is 4. The van der Waals surface area contributed by atoms with E-state index < -0.39 is 82.0 Å². The van der Waals surface area contributed by atoms with Gasteiger partial charge in [0.05, 0.1) is 48.0 Å². The first-order valence-electron chi connectivity index (χ1n) is 46.5. The van der Waals surface area contributed by atoms with Crippen molar-refractivity contribution in [1.29, 1.82) is 0 Å². The SMILES string of the molecule is CCC(=O)N1CCC(CCc2ccc(S(=O)(=O)C3(C(=O)NOC)CCN(C)CC3)cc2)CC1.CCC(=O)N1CCC(CCc2ccc(S(=O)(=O)C3(C(=O)NOC)CCOCC3)cc2)CC1.CCC(=O)N1CCCC(CCc2ccc(S(=O)(=O)C3(C(=O)NOC)CCN(C)CC3)cc2)C1.CCC(=O)N1CCCC(CCc2ccc(S(=O)(=O)C3(C(=O)NOC)CCOCC3)cc2)C1. The van der Waals surface area contributed by atoms with Gasteiger partial charge < -0.3 is 38.9 Å². The molecule has 2 atom stereocenters. The predicted molar refractivity (Wildman–Crippen MR) is 491 cm³/mol. The molecule has 8 saturated heterocycles. The highest BCUT2D eigenvalue weighted by molar-refractivity contribution is 7.94. The molecule has 130 heavy (non-hydrogen) atoms. The number of likely N-dealkylation sites (tertiary alicyclic amines) is 6. The first-order chi connectivity index (χ1) is 62.1. The van der Waals surface area contributed by atoms with Gasteiger partial charge in [-0.2, -0.15) is 0 Å². The quantitative estimate of drug-likeness (QED) is 0.0331. The second-order valence-electron chi connectivity index (χ2n) is 35.9. The normalized spacial score (nSPS) is 20.5. The minimum atomic E-state index is -3.93. The summed E-state index contributed by atoms with van der Waals surface area (Å²) >= 11 is 0. The number of hydrogen-bond donors (Lipinski definition) is 4. The van der Waals surface area contributed by atoms with Gasteiger partial charge >= 0.3 is 0 Å². The van der Waals surface area contributed by atoms with Crippen molar-refractivity contribution < 1.29 is 101 Å². The van der Waals surface area contributed by atoms with E-state index in [0.29, 0.717) is 75.5 Å². The summed E-state index contributed by atoms with van der Waals surface area (Å²) in [5, 5.41) is 0. The van der Waals surface area contributed by atoms with Crippen molar-refractivity contribution in [2.45, 2.75) is 246 Å². The molecule has 8 amide bonds. The Balaban J connectivity index is 0.000000195. The van der Waals surface area contributed by atoms with E-state index in [0.717, 1.165) is 177 Å². The van der Waals surface area contributed by atoms with Gasteiger partial charge in [-0.1, -0.05) is 76.2 Å². The Morgan fingerprint density at radius 2 is 0.538 bits per heavy atom. The van der Waals surface area contributed by atoms with E-state index in [1.54, 1.807) is 48.5 Å². The number of rotatable bonds is 32. The molecule has 36 heteroatoms. The van der Waals surface area contributed by atoms with E-state index in [-0.39, 0.29) is 121 Å². The van der Waals surface area contributed by atoms with Crippen molar-refractivity contribution in [3.63, 3.8) is 0 Å². The van der Waals surface area contributed by atoms with Crippen molar-refractivity contribution >= 4 is 86.6 Å². The summed E-state index contributed by atoms with van der Waals surface area (Å²) in [5.41, 5.74) is 13.2. The Kier molecular flexibility index (Phi) is 40.2. The predicted octanol–water partition coefficient (Wildman–Crippen LogP) is 8.90. The Hall–Kier alpha value is -7.88. The fraction of sp³-hybridized carbons (Fsp3) is 0.660. The highest BCUT2D eigenvalue weighted by atomic mass is 32.2. The highest BCUT2D eigenvalue weighted by Gasteiger charge is 2.57. The molecule has 8 aliphatic heterocycles. The van der Waals surface area contributed by atoms with Crippen LogP contribution in [0.2, 0.25) is 0 Å². The Labute approximate surface area is 770 Å². The molecule has 4 aromatic carbocycles. The molecule has 0 saturated carbocycles. The summed E-state index contributed by atoms with van der Waals surface area (Å²) in [7, 11) is -6.61. The number of piperidine rings is 6. The molecule has 8 fully saturated rings. The molecule has 12 rings (SSSR count). The molecule has 32 nitrogen and oxygen atoms in total. The zero-order chi connectivity index (χ0) is 94.5. The van der Waals surface area contributed by atoms with Crippen LogP contribution in [0.4, 0.5) is 0 Å². The van der Waals surface area contributed by atoms with Crippen LogP contribution in [0.15, 0.2) is 117 Å². The molecule has 4 N–H and O–H groups in total. The summed E-state index contributed by atoms with van der Waals surface area (Å²) < 4.78 is 113. The van der Waals surface area contributed by atoms with Crippen molar-refractivity contribution in [3.05, 3.63) is 119 Å². The average Bonchev–Trinajstić information content (AvgIpc) is 0.761. The van der Waals surface area contributed by atoms with Crippen molar-refractivity contribution in [3.8, 4) is 0 Å². The van der Waals surface area contributed by atoms with Crippen LogP contribution in [0.1, 0.15) is 204 Å². The molecular weight excluding hydrogens is 1750 g/mol. The topological polar surface area (TPSA) is 396 Å². The van der Waals surface area contributed by atoms with Gasteiger partial charge in [0, 0.05) is 104 Å². The smallest absolute Gasteiger partial charge is 0.265 e. The maximum Gasteiger partial charge on any atom is 0.265 e. The Morgan fingerprint density at radius 1 is 0.315 bits per heavy atom. The number of nitrogens with zero attached hydrogens (tertiary/aromatic N) is 6. The number of hydrogen-bond acceptors (Lipinski definition) is 24. The third-order valence-corrected chi connectivity index (χ3v) is 37.9. The van der Waals surface area contributed by atoms with Crippen LogP contribution in [0, 0.1) is 23.7 Å². The van der Waals surface area contributed by atoms with Crippen LogP contribution in [0.3, 0.4) is 0 Å². The third-order valence-electron chi connectivity index (χ3n) is 27.9. The van der Waals surface area contributed by atoms with Crippen LogP contribution in [0.5, 0.6) is 0 Å². The van der Waals surface area contributed by atoms with E-state index in [1.165, 1.54) is 28.4 Å². The molecule has 0 spiro atoms. The molecule has 8 heterocycles. The Bertz CT molecular complexity index is 4830. The summed E-state index contributed by atoms with van der Waals surface area (Å²) in [4.78, 5) is 130. The lowest BCUT2D eigenvalue weighted by Gasteiger charge is -2.38. The second-order valence-corrected chi connectivity index (χ2v) is 44.9. The van der Waals surface area contributed by atoms with Gasteiger partial charge in [0.15, 0.2) is 58.3 Å².